The highest BCUT2D eigenvalue weighted by atomic mass is 16.5. The molecule has 0 aliphatic rings. The lowest BCUT2D eigenvalue weighted by Crippen LogP contribution is -2.16. The van der Waals surface area contributed by atoms with Crippen molar-refractivity contribution in [3.05, 3.63) is 29.8 Å². The topological polar surface area (TPSA) is 64.3 Å². The lowest BCUT2D eigenvalue weighted by atomic mass is 10.2. The molecule has 1 aromatic rings. The molecular weight excluding hydrogens is 180 g/mol. The average molecular weight is 194 g/mol. The predicted molar refractivity (Wildman–Crippen MR) is 54.4 cm³/mol. The lowest BCUT2D eigenvalue weighted by molar-refractivity contribution is 0.100. The van der Waals surface area contributed by atoms with Crippen molar-refractivity contribution in [2.45, 2.75) is 0 Å². The van der Waals surface area contributed by atoms with E-state index in [1.54, 1.807) is 24.3 Å². The normalized spacial score (nSPS) is 9.79. The summed E-state index contributed by atoms with van der Waals surface area (Å²) in [5.74, 6) is 0.317. The molecule has 0 atom stereocenters. The van der Waals surface area contributed by atoms with Gasteiger partial charge in [-0.25, -0.2) is 0 Å². The van der Waals surface area contributed by atoms with Gasteiger partial charge in [-0.15, -0.1) is 0 Å². The molecule has 0 spiro atoms. The summed E-state index contributed by atoms with van der Waals surface area (Å²) in [6, 6.07) is 6.76. The molecule has 1 aromatic carbocycles. The fourth-order valence-corrected chi connectivity index (χ4v) is 0.986. The van der Waals surface area contributed by atoms with Crippen LogP contribution in [0.15, 0.2) is 24.3 Å². The Kier molecular flexibility index (Phi) is 3.94. The lowest BCUT2D eigenvalue weighted by Gasteiger charge is -2.05. The molecule has 3 N–H and O–H groups in total. The zero-order valence-electron chi connectivity index (χ0n) is 8.12. The second-order valence-corrected chi connectivity index (χ2v) is 2.84. The van der Waals surface area contributed by atoms with Crippen LogP contribution in [0, 0.1) is 0 Å². The third-order valence-electron chi connectivity index (χ3n) is 1.76. The van der Waals surface area contributed by atoms with Crippen LogP contribution in [-0.4, -0.2) is 26.1 Å². The van der Waals surface area contributed by atoms with Crippen LogP contribution in [0.5, 0.6) is 5.75 Å². The van der Waals surface area contributed by atoms with Crippen molar-refractivity contribution in [1.82, 2.24) is 5.32 Å². The number of rotatable bonds is 5. The fraction of sp³-hybridized carbons (Fsp3) is 0.300. The van der Waals surface area contributed by atoms with E-state index in [1.165, 1.54) is 0 Å². The molecule has 0 aliphatic carbocycles. The second-order valence-electron chi connectivity index (χ2n) is 2.84. The highest BCUT2D eigenvalue weighted by Crippen LogP contribution is 2.11. The first-order valence-corrected chi connectivity index (χ1v) is 4.41. The predicted octanol–water partition coefficient (Wildman–Crippen LogP) is 0.384. The van der Waals surface area contributed by atoms with Crippen LogP contribution in [0.4, 0.5) is 0 Å². The molecule has 1 rings (SSSR count). The Morgan fingerprint density at radius 1 is 1.43 bits per heavy atom. The van der Waals surface area contributed by atoms with Gasteiger partial charge in [0.25, 0.3) is 0 Å². The maximum atomic E-state index is 10.7. The molecule has 4 nitrogen and oxygen atoms in total. The molecule has 0 unspecified atom stereocenters. The SMILES string of the molecule is CNCCOc1ccc(C(N)=O)cc1. The van der Waals surface area contributed by atoms with E-state index in [4.69, 9.17) is 10.5 Å². The Labute approximate surface area is 83.1 Å². The van der Waals surface area contributed by atoms with E-state index < -0.39 is 5.91 Å². The molecule has 0 saturated heterocycles. The molecule has 0 aliphatic heterocycles. The zero-order chi connectivity index (χ0) is 10.4. The molecule has 0 radical (unpaired) electrons. The second kappa shape index (κ2) is 5.24. The van der Waals surface area contributed by atoms with Crippen molar-refractivity contribution in [3.63, 3.8) is 0 Å². The van der Waals surface area contributed by atoms with Crippen molar-refractivity contribution in [1.29, 1.82) is 0 Å². The largest absolute Gasteiger partial charge is 0.492 e. The Hall–Kier alpha value is -1.55. The van der Waals surface area contributed by atoms with E-state index >= 15 is 0 Å². The number of benzene rings is 1. The van der Waals surface area contributed by atoms with Gasteiger partial charge in [0, 0.05) is 12.1 Å². The summed E-state index contributed by atoms with van der Waals surface area (Å²) < 4.78 is 5.37. The van der Waals surface area contributed by atoms with Crippen molar-refractivity contribution in [2.75, 3.05) is 20.2 Å². The molecule has 0 fully saturated rings. The molecular formula is C10H14N2O2. The molecule has 76 valence electrons. The van der Waals surface area contributed by atoms with Gasteiger partial charge in [-0.1, -0.05) is 0 Å². The maximum Gasteiger partial charge on any atom is 0.248 e. The van der Waals surface area contributed by atoms with Crippen LogP contribution in [0.2, 0.25) is 0 Å². The number of ether oxygens (including phenoxy) is 1. The van der Waals surface area contributed by atoms with Crippen LogP contribution in [0.3, 0.4) is 0 Å². The van der Waals surface area contributed by atoms with Gasteiger partial charge in [-0.05, 0) is 31.3 Å². The van der Waals surface area contributed by atoms with Crippen molar-refractivity contribution >= 4 is 5.91 Å². The summed E-state index contributed by atoms with van der Waals surface area (Å²) in [6.07, 6.45) is 0. The third-order valence-corrected chi connectivity index (χ3v) is 1.76. The van der Waals surface area contributed by atoms with E-state index in [0.29, 0.717) is 12.2 Å². The van der Waals surface area contributed by atoms with E-state index in [1.807, 2.05) is 7.05 Å². The van der Waals surface area contributed by atoms with E-state index in [0.717, 1.165) is 12.3 Å². The molecule has 0 aromatic heterocycles. The maximum absolute atomic E-state index is 10.7. The standard InChI is InChI=1S/C10H14N2O2/c1-12-6-7-14-9-4-2-8(3-5-9)10(11)13/h2-5,12H,6-7H2,1H3,(H2,11,13). The van der Waals surface area contributed by atoms with Gasteiger partial charge in [0.15, 0.2) is 0 Å². The van der Waals surface area contributed by atoms with Gasteiger partial charge in [0.2, 0.25) is 5.91 Å². The summed E-state index contributed by atoms with van der Waals surface area (Å²) >= 11 is 0. The molecule has 1 amide bonds. The van der Waals surface area contributed by atoms with Gasteiger partial charge in [0.1, 0.15) is 12.4 Å². The fourth-order valence-electron chi connectivity index (χ4n) is 0.986. The summed E-state index contributed by atoms with van der Waals surface area (Å²) in [4.78, 5) is 10.7. The summed E-state index contributed by atoms with van der Waals surface area (Å²) in [5, 5.41) is 2.97. The van der Waals surface area contributed by atoms with Gasteiger partial charge < -0.3 is 15.8 Å². The summed E-state index contributed by atoms with van der Waals surface area (Å²) in [6.45, 7) is 1.39. The van der Waals surface area contributed by atoms with Crippen LogP contribution in [-0.2, 0) is 0 Å². The Morgan fingerprint density at radius 2 is 2.07 bits per heavy atom. The Morgan fingerprint density at radius 3 is 2.57 bits per heavy atom. The van der Waals surface area contributed by atoms with Crippen LogP contribution in [0.1, 0.15) is 10.4 Å². The first kappa shape index (κ1) is 10.5. The smallest absolute Gasteiger partial charge is 0.248 e. The van der Waals surface area contributed by atoms with E-state index in [-0.39, 0.29) is 0 Å². The number of amides is 1. The van der Waals surface area contributed by atoms with Gasteiger partial charge >= 0.3 is 0 Å². The third kappa shape index (κ3) is 3.06. The molecule has 4 heteroatoms. The van der Waals surface area contributed by atoms with Gasteiger partial charge in [-0.3, -0.25) is 4.79 Å². The highest BCUT2D eigenvalue weighted by molar-refractivity contribution is 5.92. The molecule has 0 saturated carbocycles. The number of nitrogens with two attached hydrogens (primary N) is 1. The highest BCUT2D eigenvalue weighted by Gasteiger charge is 1.99. The molecule has 0 heterocycles. The van der Waals surface area contributed by atoms with Crippen LogP contribution >= 0.6 is 0 Å². The minimum Gasteiger partial charge on any atom is -0.492 e. The zero-order valence-corrected chi connectivity index (χ0v) is 8.12. The summed E-state index contributed by atoms with van der Waals surface area (Å²) in [7, 11) is 1.86. The number of hydrogen-bond donors (Lipinski definition) is 2. The minimum atomic E-state index is -0.424. The number of hydrogen-bond acceptors (Lipinski definition) is 3. The van der Waals surface area contributed by atoms with E-state index in [2.05, 4.69) is 5.32 Å². The Balaban J connectivity index is 2.51. The van der Waals surface area contributed by atoms with E-state index in [9.17, 15) is 4.79 Å². The van der Waals surface area contributed by atoms with Crippen molar-refractivity contribution in [3.8, 4) is 5.75 Å². The van der Waals surface area contributed by atoms with Crippen molar-refractivity contribution < 1.29 is 9.53 Å². The van der Waals surface area contributed by atoms with Crippen LogP contribution < -0.4 is 15.8 Å². The Bertz CT molecular complexity index is 295. The van der Waals surface area contributed by atoms with Gasteiger partial charge in [-0.2, -0.15) is 0 Å². The van der Waals surface area contributed by atoms with Crippen LogP contribution in [0.25, 0.3) is 0 Å². The number of primary amides is 1. The quantitative estimate of drug-likeness (QED) is 0.666. The van der Waals surface area contributed by atoms with Crippen molar-refractivity contribution in [2.24, 2.45) is 5.73 Å². The first-order chi connectivity index (χ1) is 6.74. The number of likely N-dealkylation sites (N-methyl/N-ethyl adjacent to an activating group) is 1. The first-order valence-electron chi connectivity index (χ1n) is 4.41. The van der Waals surface area contributed by atoms with Gasteiger partial charge in [0.05, 0.1) is 0 Å². The number of carbonyl (C=O) groups excluding carboxylic acids is 1. The number of nitrogens with one attached hydrogen (secondary N) is 1. The monoisotopic (exact) mass is 194 g/mol. The number of carbonyl (C=O) groups is 1. The molecule has 14 heavy (non-hydrogen) atoms. The molecule has 0 bridgehead atoms. The minimum absolute atomic E-state index is 0.424. The summed E-state index contributed by atoms with van der Waals surface area (Å²) in [5.41, 5.74) is 5.59. The average Bonchev–Trinajstić information content (AvgIpc) is 2.19.